The first-order valence-electron chi connectivity index (χ1n) is 5.07. The third-order valence-electron chi connectivity index (χ3n) is 3.38. The Kier molecular flexibility index (Phi) is 2.08. The van der Waals surface area contributed by atoms with Gasteiger partial charge in [0.05, 0.1) is 12.2 Å². The van der Waals surface area contributed by atoms with Crippen LogP contribution in [0.3, 0.4) is 0 Å². The van der Waals surface area contributed by atoms with Crippen molar-refractivity contribution in [1.29, 1.82) is 0 Å². The standard InChI is InChI=1S/C10H17NO3/c1-10(2)3-6(10)9(14)11-4-7(12)8(13)5-11/h6-8,12-13H,3-5H2,1-2H3/t6?,7-,8+. The summed E-state index contributed by atoms with van der Waals surface area (Å²) in [6.07, 6.45) is -0.601. The van der Waals surface area contributed by atoms with Crippen molar-refractivity contribution in [2.75, 3.05) is 13.1 Å². The molecule has 0 aromatic carbocycles. The van der Waals surface area contributed by atoms with E-state index in [9.17, 15) is 15.0 Å². The molecule has 14 heavy (non-hydrogen) atoms. The predicted octanol–water partition coefficient (Wildman–Crippen LogP) is -0.404. The molecule has 0 aromatic rings. The molecule has 1 saturated heterocycles. The fraction of sp³-hybridized carbons (Fsp3) is 0.900. The van der Waals surface area contributed by atoms with Crippen molar-refractivity contribution < 1.29 is 15.0 Å². The summed E-state index contributed by atoms with van der Waals surface area (Å²) in [5, 5.41) is 18.6. The Balaban J connectivity index is 1.95. The maximum Gasteiger partial charge on any atom is 0.226 e. The number of hydrogen-bond acceptors (Lipinski definition) is 3. The molecular formula is C10H17NO3. The molecule has 3 atom stereocenters. The lowest BCUT2D eigenvalue weighted by Gasteiger charge is -2.16. The van der Waals surface area contributed by atoms with Gasteiger partial charge in [-0.3, -0.25) is 4.79 Å². The molecule has 4 nitrogen and oxygen atoms in total. The molecule has 2 fully saturated rings. The first kappa shape index (κ1) is 9.93. The SMILES string of the molecule is CC1(C)CC1C(=O)N1C[C@@H](O)[C@@H](O)C1. The van der Waals surface area contributed by atoms with Gasteiger partial charge in [-0.25, -0.2) is 0 Å². The minimum absolute atomic E-state index is 0.0885. The molecule has 1 aliphatic carbocycles. The Morgan fingerprint density at radius 2 is 1.71 bits per heavy atom. The van der Waals surface area contributed by atoms with E-state index >= 15 is 0 Å². The summed E-state index contributed by atoms with van der Waals surface area (Å²) < 4.78 is 0. The van der Waals surface area contributed by atoms with Crippen molar-refractivity contribution >= 4 is 5.91 Å². The van der Waals surface area contributed by atoms with Gasteiger partial charge in [0.15, 0.2) is 0 Å². The number of nitrogens with zero attached hydrogens (tertiary/aromatic N) is 1. The highest BCUT2D eigenvalue weighted by molar-refractivity contribution is 5.82. The number of rotatable bonds is 1. The van der Waals surface area contributed by atoms with Crippen LogP contribution >= 0.6 is 0 Å². The van der Waals surface area contributed by atoms with Gasteiger partial charge in [0.2, 0.25) is 5.91 Å². The molecule has 0 aromatic heterocycles. The zero-order chi connectivity index (χ0) is 10.5. The molecule has 0 bridgehead atoms. The van der Waals surface area contributed by atoms with Gasteiger partial charge in [-0.05, 0) is 11.8 Å². The van der Waals surface area contributed by atoms with E-state index in [4.69, 9.17) is 0 Å². The van der Waals surface area contributed by atoms with Gasteiger partial charge in [0.25, 0.3) is 0 Å². The lowest BCUT2D eigenvalue weighted by molar-refractivity contribution is -0.132. The first-order chi connectivity index (χ1) is 6.42. The minimum Gasteiger partial charge on any atom is -0.388 e. The van der Waals surface area contributed by atoms with E-state index in [1.54, 1.807) is 4.90 Å². The van der Waals surface area contributed by atoms with Crippen LogP contribution in [0.5, 0.6) is 0 Å². The molecule has 2 aliphatic rings. The highest BCUT2D eigenvalue weighted by atomic mass is 16.3. The second-order valence-corrected chi connectivity index (χ2v) is 5.12. The molecule has 0 spiro atoms. The van der Waals surface area contributed by atoms with Gasteiger partial charge in [-0.2, -0.15) is 0 Å². The zero-order valence-electron chi connectivity index (χ0n) is 8.60. The number of amides is 1. The van der Waals surface area contributed by atoms with Crippen LogP contribution in [0.1, 0.15) is 20.3 Å². The number of aliphatic hydroxyl groups excluding tert-OH is 2. The Hall–Kier alpha value is -0.610. The van der Waals surface area contributed by atoms with Crippen LogP contribution in [-0.2, 0) is 4.79 Å². The van der Waals surface area contributed by atoms with Crippen LogP contribution in [-0.4, -0.2) is 46.3 Å². The quantitative estimate of drug-likeness (QED) is 0.604. The van der Waals surface area contributed by atoms with E-state index in [2.05, 4.69) is 13.8 Å². The van der Waals surface area contributed by atoms with E-state index in [1.807, 2.05) is 0 Å². The average molecular weight is 199 g/mol. The van der Waals surface area contributed by atoms with Gasteiger partial charge in [-0.1, -0.05) is 13.8 Å². The molecule has 1 heterocycles. The topological polar surface area (TPSA) is 60.8 Å². The molecule has 2 rings (SSSR count). The maximum absolute atomic E-state index is 11.8. The predicted molar refractivity (Wildman–Crippen MR) is 50.5 cm³/mol. The number of carbonyl (C=O) groups excluding carboxylic acids is 1. The van der Waals surface area contributed by atoms with Crippen LogP contribution in [0.4, 0.5) is 0 Å². The smallest absolute Gasteiger partial charge is 0.226 e. The van der Waals surface area contributed by atoms with Gasteiger partial charge < -0.3 is 15.1 Å². The molecule has 1 unspecified atom stereocenters. The highest BCUT2D eigenvalue weighted by Crippen LogP contribution is 2.52. The van der Waals surface area contributed by atoms with Crippen LogP contribution in [0.15, 0.2) is 0 Å². The number of hydrogen-bond donors (Lipinski definition) is 2. The summed E-state index contributed by atoms with van der Waals surface area (Å²) in [5.41, 5.74) is 0.121. The van der Waals surface area contributed by atoms with Crippen molar-refractivity contribution in [2.45, 2.75) is 32.5 Å². The third kappa shape index (κ3) is 1.53. The fourth-order valence-electron chi connectivity index (χ4n) is 2.06. The molecule has 1 amide bonds. The highest BCUT2D eigenvalue weighted by Gasteiger charge is 2.53. The summed E-state index contributed by atoms with van der Waals surface area (Å²) >= 11 is 0. The Morgan fingerprint density at radius 1 is 1.29 bits per heavy atom. The molecule has 2 N–H and O–H groups in total. The van der Waals surface area contributed by atoms with Gasteiger partial charge in [-0.15, -0.1) is 0 Å². The van der Waals surface area contributed by atoms with Crippen molar-refractivity contribution in [3.63, 3.8) is 0 Å². The van der Waals surface area contributed by atoms with E-state index < -0.39 is 12.2 Å². The van der Waals surface area contributed by atoms with Crippen molar-refractivity contribution in [3.05, 3.63) is 0 Å². The van der Waals surface area contributed by atoms with Gasteiger partial charge >= 0.3 is 0 Å². The average Bonchev–Trinajstić information content (AvgIpc) is 2.59. The maximum atomic E-state index is 11.8. The number of β-amino-alcohol motifs (C(OH)–C–C–N with tert-alkyl or cyclic N) is 2. The molecule has 1 saturated carbocycles. The summed E-state index contributed by atoms with van der Waals surface area (Å²) in [6.45, 7) is 4.70. The van der Waals surface area contributed by atoms with Gasteiger partial charge in [0.1, 0.15) is 0 Å². The summed E-state index contributed by atoms with van der Waals surface area (Å²) in [4.78, 5) is 13.4. The van der Waals surface area contributed by atoms with E-state index in [-0.39, 0.29) is 30.3 Å². The molecular weight excluding hydrogens is 182 g/mol. The number of likely N-dealkylation sites (tertiary alicyclic amines) is 1. The minimum atomic E-state index is -0.763. The Bertz CT molecular complexity index is 254. The molecule has 4 heteroatoms. The largest absolute Gasteiger partial charge is 0.388 e. The van der Waals surface area contributed by atoms with Crippen LogP contribution in [0.25, 0.3) is 0 Å². The van der Waals surface area contributed by atoms with E-state index in [0.717, 1.165) is 6.42 Å². The van der Waals surface area contributed by atoms with E-state index in [0.29, 0.717) is 0 Å². The second kappa shape index (κ2) is 2.94. The van der Waals surface area contributed by atoms with Crippen molar-refractivity contribution in [1.82, 2.24) is 4.90 Å². The zero-order valence-corrected chi connectivity index (χ0v) is 8.60. The van der Waals surface area contributed by atoms with Gasteiger partial charge in [0, 0.05) is 19.0 Å². The van der Waals surface area contributed by atoms with Crippen molar-refractivity contribution in [2.24, 2.45) is 11.3 Å². The third-order valence-corrected chi connectivity index (χ3v) is 3.38. The molecule has 80 valence electrons. The van der Waals surface area contributed by atoms with Crippen LogP contribution in [0, 0.1) is 11.3 Å². The number of carbonyl (C=O) groups is 1. The van der Waals surface area contributed by atoms with Crippen LogP contribution < -0.4 is 0 Å². The Labute approximate surface area is 83.5 Å². The fourth-order valence-corrected chi connectivity index (χ4v) is 2.06. The summed E-state index contributed by atoms with van der Waals surface area (Å²) in [5.74, 6) is 0.186. The first-order valence-corrected chi connectivity index (χ1v) is 5.07. The number of aliphatic hydroxyl groups is 2. The summed E-state index contributed by atoms with van der Waals surface area (Å²) in [6, 6.07) is 0. The summed E-state index contributed by atoms with van der Waals surface area (Å²) in [7, 11) is 0. The Morgan fingerprint density at radius 3 is 2.07 bits per heavy atom. The lowest BCUT2D eigenvalue weighted by atomic mass is 10.1. The van der Waals surface area contributed by atoms with E-state index in [1.165, 1.54) is 0 Å². The van der Waals surface area contributed by atoms with Crippen LogP contribution in [0.2, 0.25) is 0 Å². The molecule has 1 aliphatic heterocycles. The normalized spacial score (nSPS) is 40.0. The lowest BCUT2D eigenvalue weighted by Crippen LogP contribution is -2.32. The second-order valence-electron chi connectivity index (χ2n) is 5.12. The monoisotopic (exact) mass is 199 g/mol. The van der Waals surface area contributed by atoms with Crippen molar-refractivity contribution in [3.8, 4) is 0 Å². The molecule has 0 radical (unpaired) electrons.